The summed E-state index contributed by atoms with van der Waals surface area (Å²) in [5.41, 5.74) is 3.98. The maximum absolute atomic E-state index is 12.4. The van der Waals surface area contributed by atoms with Gasteiger partial charge in [-0.25, -0.2) is 0 Å². The fraction of sp³-hybridized carbons (Fsp3) is 0.0952. The van der Waals surface area contributed by atoms with Crippen molar-refractivity contribution in [3.05, 3.63) is 95.6 Å². The Labute approximate surface area is 146 Å². The van der Waals surface area contributed by atoms with Crippen LogP contribution in [0.5, 0.6) is 0 Å². The largest absolute Gasteiger partial charge is 0.321 e. The van der Waals surface area contributed by atoms with E-state index in [0.29, 0.717) is 5.56 Å². The van der Waals surface area contributed by atoms with Gasteiger partial charge in [-0.1, -0.05) is 54.6 Å². The average molecular weight is 333 g/mol. The number of benzene rings is 3. The van der Waals surface area contributed by atoms with E-state index < -0.39 is 0 Å². The lowest BCUT2D eigenvalue weighted by atomic mass is 10.0. The lowest BCUT2D eigenvalue weighted by molar-refractivity contribution is 0.102. The van der Waals surface area contributed by atoms with Gasteiger partial charge in [0.25, 0.3) is 5.91 Å². The number of rotatable bonds is 5. The Morgan fingerprint density at radius 3 is 2.17 bits per heavy atom. The van der Waals surface area contributed by atoms with Crippen LogP contribution in [0.25, 0.3) is 0 Å². The third-order valence-corrected chi connectivity index (χ3v) is 4.62. The number of hydrogen-bond donors (Lipinski definition) is 1. The quantitative estimate of drug-likeness (QED) is 0.646. The number of carbonyl (C=O) groups excluding carboxylic acids is 1. The van der Waals surface area contributed by atoms with Crippen molar-refractivity contribution < 1.29 is 4.79 Å². The van der Waals surface area contributed by atoms with Crippen molar-refractivity contribution in [3.63, 3.8) is 0 Å². The normalized spacial score (nSPS) is 10.4. The van der Waals surface area contributed by atoms with Crippen molar-refractivity contribution in [1.82, 2.24) is 0 Å². The molecule has 0 radical (unpaired) electrons. The number of hydrogen-bond acceptors (Lipinski definition) is 2. The molecule has 3 rings (SSSR count). The molecule has 0 fully saturated rings. The predicted octanol–water partition coefficient (Wildman–Crippen LogP) is 5.25. The number of amides is 1. The average Bonchev–Trinajstić information content (AvgIpc) is 2.63. The van der Waals surface area contributed by atoms with E-state index in [4.69, 9.17) is 0 Å². The van der Waals surface area contributed by atoms with E-state index >= 15 is 0 Å². The number of carbonyl (C=O) groups is 1. The molecule has 0 aliphatic rings. The van der Waals surface area contributed by atoms with Crippen molar-refractivity contribution >= 4 is 23.4 Å². The molecule has 0 unspecified atom stereocenters. The molecule has 0 spiro atoms. The van der Waals surface area contributed by atoms with Gasteiger partial charge in [-0.05, 0) is 48.1 Å². The Kier molecular flexibility index (Phi) is 5.34. The third kappa shape index (κ3) is 4.06. The molecular formula is C21H19NOS. The second-order valence-corrected chi connectivity index (χ2v) is 6.36. The van der Waals surface area contributed by atoms with E-state index in [1.165, 1.54) is 11.1 Å². The third-order valence-electron chi connectivity index (χ3n) is 3.82. The van der Waals surface area contributed by atoms with Crippen molar-refractivity contribution in [2.45, 2.75) is 11.3 Å². The van der Waals surface area contributed by atoms with Gasteiger partial charge in [0, 0.05) is 10.5 Å². The van der Waals surface area contributed by atoms with Crippen LogP contribution in [0.2, 0.25) is 0 Å². The monoisotopic (exact) mass is 333 g/mol. The fourth-order valence-electron chi connectivity index (χ4n) is 2.55. The number of para-hydroxylation sites is 1. The summed E-state index contributed by atoms with van der Waals surface area (Å²) < 4.78 is 0. The van der Waals surface area contributed by atoms with Crippen molar-refractivity contribution in [3.8, 4) is 0 Å². The maximum atomic E-state index is 12.4. The summed E-state index contributed by atoms with van der Waals surface area (Å²) in [6.07, 6.45) is 2.88. The summed E-state index contributed by atoms with van der Waals surface area (Å²) in [7, 11) is 0. The molecule has 0 aliphatic heterocycles. The molecule has 3 heteroatoms. The molecule has 0 saturated carbocycles. The molecule has 0 atom stereocenters. The van der Waals surface area contributed by atoms with Crippen LogP contribution in [0.15, 0.2) is 83.8 Å². The molecule has 0 heterocycles. The van der Waals surface area contributed by atoms with Crippen molar-refractivity contribution in [2.75, 3.05) is 11.6 Å². The molecule has 0 aliphatic carbocycles. The molecule has 24 heavy (non-hydrogen) atoms. The number of thioether (sulfide) groups is 1. The van der Waals surface area contributed by atoms with Crippen molar-refractivity contribution in [1.29, 1.82) is 0 Å². The Morgan fingerprint density at radius 1 is 0.833 bits per heavy atom. The van der Waals surface area contributed by atoms with Gasteiger partial charge in [-0.2, -0.15) is 0 Å². The highest BCUT2D eigenvalue weighted by atomic mass is 32.2. The number of anilines is 1. The number of nitrogens with one attached hydrogen (secondary N) is 1. The topological polar surface area (TPSA) is 29.1 Å². The molecule has 1 amide bonds. The highest BCUT2D eigenvalue weighted by molar-refractivity contribution is 7.98. The fourth-order valence-corrected chi connectivity index (χ4v) is 3.10. The van der Waals surface area contributed by atoms with Crippen LogP contribution in [-0.2, 0) is 6.42 Å². The zero-order valence-corrected chi connectivity index (χ0v) is 14.3. The van der Waals surface area contributed by atoms with Crippen LogP contribution >= 0.6 is 11.8 Å². The van der Waals surface area contributed by atoms with Gasteiger partial charge in [0.1, 0.15) is 0 Å². The highest BCUT2D eigenvalue weighted by Crippen LogP contribution is 2.25. The van der Waals surface area contributed by atoms with Crippen LogP contribution in [0.4, 0.5) is 5.69 Å². The van der Waals surface area contributed by atoms with Gasteiger partial charge in [0.15, 0.2) is 0 Å². The molecule has 0 aromatic heterocycles. The second kappa shape index (κ2) is 7.84. The van der Waals surface area contributed by atoms with Crippen LogP contribution in [0.1, 0.15) is 21.5 Å². The Bertz CT molecular complexity index is 813. The molecular weight excluding hydrogens is 314 g/mol. The van der Waals surface area contributed by atoms with Crippen LogP contribution in [0.3, 0.4) is 0 Å². The maximum Gasteiger partial charge on any atom is 0.255 e. The summed E-state index contributed by atoms with van der Waals surface area (Å²) in [6, 6.07) is 26.0. The van der Waals surface area contributed by atoms with Crippen molar-refractivity contribution in [2.24, 2.45) is 0 Å². The molecule has 0 bridgehead atoms. The van der Waals surface area contributed by atoms with E-state index in [0.717, 1.165) is 17.0 Å². The Balaban J connectivity index is 1.70. The zero-order chi connectivity index (χ0) is 16.8. The predicted molar refractivity (Wildman–Crippen MR) is 102 cm³/mol. The first-order valence-electron chi connectivity index (χ1n) is 7.83. The first kappa shape index (κ1) is 16.3. The van der Waals surface area contributed by atoms with Crippen LogP contribution < -0.4 is 5.32 Å². The molecule has 2 nitrogen and oxygen atoms in total. The minimum atomic E-state index is -0.0808. The first-order valence-corrected chi connectivity index (χ1v) is 9.06. The van der Waals surface area contributed by atoms with E-state index in [2.05, 4.69) is 17.4 Å². The first-order chi connectivity index (χ1) is 11.8. The van der Waals surface area contributed by atoms with Gasteiger partial charge in [-0.15, -0.1) is 11.8 Å². The van der Waals surface area contributed by atoms with E-state index in [-0.39, 0.29) is 5.91 Å². The minimum absolute atomic E-state index is 0.0808. The van der Waals surface area contributed by atoms with E-state index in [1.54, 1.807) is 11.8 Å². The summed E-state index contributed by atoms with van der Waals surface area (Å²) >= 11 is 1.62. The summed E-state index contributed by atoms with van der Waals surface area (Å²) in [5, 5.41) is 2.99. The van der Waals surface area contributed by atoms with E-state index in [1.807, 2.05) is 73.0 Å². The van der Waals surface area contributed by atoms with Gasteiger partial charge in [0.2, 0.25) is 0 Å². The molecule has 0 saturated heterocycles. The summed E-state index contributed by atoms with van der Waals surface area (Å²) in [6.45, 7) is 0. The summed E-state index contributed by atoms with van der Waals surface area (Å²) in [4.78, 5) is 13.5. The highest BCUT2D eigenvalue weighted by Gasteiger charge is 2.08. The van der Waals surface area contributed by atoms with Gasteiger partial charge >= 0.3 is 0 Å². The van der Waals surface area contributed by atoms with Crippen LogP contribution in [-0.4, -0.2) is 12.2 Å². The SMILES string of the molecule is CSc1ccccc1NC(=O)c1ccc(Cc2ccccc2)cc1. The van der Waals surface area contributed by atoms with Gasteiger partial charge in [0.05, 0.1) is 5.69 Å². The molecule has 1 N–H and O–H groups in total. The lowest BCUT2D eigenvalue weighted by Crippen LogP contribution is -2.12. The van der Waals surface area contributed by atoms with Crippen LogP contribution in [0, 0.1) is 0 Å². The molecule has 3 aromatic carbocycles. The zero-order valence-electron chi connectivity index (χ0n) is 13.5. The lowest BCUT2D eigenvalue weighted by Gasteiger charge is -2.09. The second-order valence-electron chi connectivity index (χ2n) is 5.51. The standard InChI is InChI=1S/C21H19NOS/c1-24-20-10-6-5-9-19(20)22-21(23)18-13-11-17(12-14-18)15-16-7-3-2-4-8-16/h2-14H,15H2,1H3,(H,22,23). The molecule has 120 valence electrons. The van der Waals surface area contributed by atoms with Gasteiger partial charge < -0.3 is 5.32 Å². The Hall–Kier alpha value is -2.52. The smallest absolute Gasteiger partial charge is 0.255 e. The Morgan fingerprint density at radius 2 is 1.46 bits per heavy atom. The molecule has 3 aromatic rings. The minimum Gasteiger partial charge on any atom is -0.321 e. The van der Waals surface area contributed by atoms with E-state index in [9.17, 15) is 4.79 Å². The summed E-state index contributed by atoms with van der Waals surface area (Å²) in [5.74, 6) is -0.0808. The van der Waals surface area contributed by atoms with Gasteiger partial charge in [-0.3, -0.25) is 4.79 Å².